The Labute approximate surface area is 368 Å². The van der Waals surface area contributed by atoms with Crippen molar-refractivity contribution in [3.05, 3.63) is 97.2 Å². The van der Waals surface area contributed by atoms with Gasteiger partial charge in [0.2, 0.25) is 0 Å². The van der Waals surface area contributed by atoms with Crippen molar-refractivity contribution in [2.24, 2.45) is 0 Å². The zero-order valence-corrected chi connectivity index (χ0v) is 38.7. The molecule has 1 atom stereocenters. The molecule has 0 aromatic heterocycles. The van der Waals surface area contributed by atoms with Gasteiger partial charge in [-0.25, -0.2) is 0 Å². The van der Waals surface area contributed by atoms with Crippen molar-refractivity contribution in [1.82, 2.24) is 0 Å². The standard InChI is InChI=1S/C54H88O6/c1-4-7-10-13-16-19-22-24-25-26-27-28-30-32-35-38-41-44-47-53(56)59-50-51(49-58-52(55)46-43-40-37-34-31-21-18-15-12-9-6-3)60-54(57)48-45-42-39-36-33-29-23-20-17-14-11-8-5-2/h8,11,14-15,17-18,20-21,23,27-29,31,33,36,39,51H,4-7,9-10,12-13,16,19,22,24-26,30,32,34-35,37-38,40-50H2,1-3H3/b11-8-,17-14-,18-15-,23-20-,28-27-,31-21-,33-29-,39-36-. The van der Waals surface area contributed by atoms with E-state index in [1.54, 1.807) is 0 Å². The molecule has 0 rings (SSSR count). The molecule has 0 aliphatic heterocycles. The molecule has 0 N–H and O–H groups in total. The molecule has 0 saturated carbocycles. The van der Waals surface area contributed by atoms with Crippen LogP contribution >= 0.6 is 0 Å². The fraction of sp³-hybridized carbons (Fsp3) is 0.648. The highest BCUT2D eigenvalue weighted by Gasteiger charge is 2.19. The molecule has 0 aromatic rings. The van der Waals surface area contributed by atoms with Crippen molar-refractivity contribution in [3.63, 3.8) is 0 Å². The van der Waals surface area contributed by atoms with Gasteiger partial charge in [0, 0.05) is 19.3 Å². The third-order valence-corrected chi connectivity index (χ3v) is 9.95. The van der Waals surface area contributed by atoms with Gasteiger partial charge in [-0.3, -0.25) is 14.4 Å². The number of carbonyl (C=O) groups excluding carboxylic acids is 3. The van der Waals surface area contributed by atoms with Gasteiger partial charge in [0.15, 0.2) is 6.10 Å². The number of carbonyl (C=O) groups is 3. The molecular weight excluding hydrogens is 745 g/mol. The van der Waals surface area contributed by atoms with Crippen molar-refractivity contribution < 1.29 is 28.6 Å². The van der Waals surface area contributed by atoms with Crippen LogP contribution in [0.5, 0.6) is 0 Å². The van der Waals surface area contributed by atoms with Crippen LogP contribution in [0.2, 0.25) is 0 Å². The second-order valence-corrected chi connectivity index (χ2v) is 15.8. The summed E-state index contributed by atoms with van der Waals surface area (Å²) in [6, 6.07) is 0. The van der Waals surface area contributed by atoms with Gasteiger partial charge in [-0.2, -0.15) is 0 Å². The van der Waals surface area contributed by atoms with E-state index in [2.05, 4.69) is 63.3 Å². The second-order valence-electron chi connectivity index (χ2n) is 15.8. The third kappa shape index (κ3) is 45.4. The predicted octanol–water partition coefficient (Wildman–Crippen LogP) is 15.8. The van der Waals surface area contributed by atoms with Gasteiger partial charge in [-0.05, 0) is 77.0 Å². The Morgan fingerprint density at radius 2 is 0.700 bits per heavy atom. The van der Waals surface area contributed by atoms with Crippen LogP contribution in [0.25, 0.3) is 0 Å². The summed E-state index contributed by atoms with van der Waals surface area (Å²) in [5, 5.41) is 0. The summed E-state index contributed by atoms with van der Waals surface area (Å²) in [6.45, 7) is 6.33. The number of ether oxygens (including phenoxy) is 3. The predicted molar refractivity (Wildman–Crippen MR) is 256 cm³/mol. The van der Waals surface area contributed by atoms with Gasteiger partial charge in [0.1, 0.15) is 13.2 Å². The molecule has 340 valence electrons. The fourth-order valence-corrected chi connectivity index (χ4v) is 6.27. The van der Waals surface area contributed by atoms with E-state index < -0.39 is 12.1 Å². The molecule has 0 aliphatic rings. The minimum atomic E-state index is -0.828. The fourth-order valence-electron chi connectivity index (χ4n) is 6.27. The molecule has 0 saturated heterocycles. The number of allylic oxidation sites excluding steroid dienone is 16. The van der Waals surface area contributed by atoms with E-state index in [1.807, 2.05) is 54.7 Å². The lowest BCUT2D eigenvalue weighted by atomic mass is 10.1. The van der Waals surface area contributed by atoms with Crippen molar-refractivity contribution >= 4 is 17.9 Å². The maximum Gasteiger partial charge on any atom is 0.306 e. The zero-order valence-electron chi connectivity index (χ0n) is 38.7. The maximum atomic E-state index is 12.7. The van der Waals surface area contributed by atoms with Gasteiger partial charge in [-0.15, -0.1) is 0 Å². The molecule has 0 aromatic carbocycles. The van der Waals surface area contributed by atoms with E-state index in [0.717, 1.165) is 77.0 Å². The lowest BCUT2D eigenvalue weighted by Gasteiger charge is -2.18. The summed E-state index contributed by atoms with van der Waals surface area (Å²) in [4.78, 5) is 37.8. The van der Waals surface area contributed by atoms with E-state index in [-0.39, 0.29) is 31.6 Å². The van der Waals surface area contributed by atoms with Crippen molar-refractivity contribution in [2.45, 2.75) is 213 Å². The molecule has 60 heavy (non-hydrogen) atoms. The summed E-state index contributed by atoms with van der Waals surface area (Å²) in [5.74, 6) is -1.04. The van der Waals surface area contributed by atoms with Gasteiger partial charge < -0.3 is 14.2 Å². The van der Waals surface area contributed by atoms with Crippen LogP contribution in [0, 0.1) is 0 Å². The number of hydrogen-bond acceptors (Lipinski definition) is 6. The Kier molecular flexibility index (Phi) is 45.1. The lowest BCUT2D eigenvalue weighted by molar-refractivity contribution is -0.167. The smallest absolute Gasteiger partial charge is 0.306 e. The molecule has 0 fully saturated rings. The van der Waals surface area contributed by atoms with E-state index in [4.69, 9.17) is 14.2 Å². The molecule has 0 amide bonds. The Bertz CT molecular complexity index is 1230. The van der Waals surface area contributed by atoms with E-state index >= 15 is 0 Å². The number of esters is 3. The lowest BCUT2D eigenvalue weighted by Crippen LogP contribution is -2.30. The zero-order chi connectivity index (χ0) is 43.7. The summed E-state index contributed by atoms with van der Waals surface area (Å²) in [7, 11) is 0. The molecule has 0 aliphatic carbocycles. The third-order valence-electron chi connectivity index (χ3n) is 9.95. The van der Waals surface area contributed by atoms with Gasteiger partial charge in [-0.1, -0.05) is 208 Å². The highest BCUT2D eigenvalue weighted by molar-refractivity contribution is 5.71. The van der Waals surface area contributed by atoms with Crippen LogP contribution in [0.3, 0.4) is 0 Å². The van der Waals surface area contributed by atoms with Crippen LogP contribution in [0.15, 0.2) is 97.2 Å². The maximum absolute atomic E-state index is 12.7. The van der Waals surface area contributed by atoms with Gasteiger partial charge in [0.25, 0.3) is 0 Å². The monoisotopic (exact) mass is 833 g/mol. The molecule has 0 radical (unpaired) electrons. The van der Waals surface area contributed by atoms with Gasteiger partial charge >= 0.3 is 17.9 Å². The molecular formula is C54H88O6. The molecule has 6 nitrogen and oxygen atoms in total. The Morgan fingerprint density at radius 1 is 0.350 bits per heavy atom. The van der Waals surface area contributed by atoms with Crippen molar-refractivity contribution in [3.8, 4) is 0 Å². The van der Waals surface area contributed by atoms with E-state index in [1.165, 1.54) is 83.5 Å². The minimum Gasteiger partial charge on any atom is -0.462 e. The first-order valence-corrected chi connectivity index (χ1v) is 24.3. The van der Waals surface area contributed by atoms with Crippen LogP contribution in [0.1, 0.15) is 207 Å². The molecule has 0 heterocycles. The van der Waals surface area contributed by atoms with Crippen LogP contribution in [-0.4, -0.2) is 37.2 Å². The highest BCUT2D eigenvalue weighted by Crippen LogP contribution is 2.13. The average Bonchev–Trinajstić information content (AvgIpc) is 3.24. The van der Waals surface area contributed by atoms with E-state index in [9.17, 15) is 14.4 Å². The molecule has 1 unspecified atom stereocenters. The number of hydrogen-bond donors (Lipinski definition) is 0. The Balaban J connectivity index is 4.49. The van der Waals surface area contributed by atoms with Crippen LogP contribution in [-0.2, 0) is 28.6 Å². The first-order valence-electron chi connectivity index (χ1n) is 24.3. The molecule has 0 spiro atoms. The Morgan fingerprint density at radius 3 is 1.20 bits per heavy atom. The largest absolute Gasteiger partial charge is 0.462 e. The number of rotatable bonds is 42. The SMILES string of the molecule is CC\C=C/C=C\C=C/C=C\C=C/CCCC(=O)OC(COC(=O)CCCCC/C=C\C=C/CCCC)COC(=O)CCCCCCC/C=C\CCCCCCCCCCC. The van der Waals surface area contributed by atoms with Gasteiger partial charge in [0.05, 0.1) is 0 Å². The summed E-state index contributed by atoms with van der Waals surface area (Å²) >= 11 is 0. The topological polar surface area (TPSA) is 78.9 Å². The highest BCUT2D eigenvalue weighted by atomic mass is 16.6. The minimum absolute atomic E-state index is 0.120. The summed E-state index contributed by atoms with van der Waals surface area (Å²) in [6.07, 6.45) is 62.6. The average molecular weight is 833 g/mol. The second kappa shape index (κ2) is 48.0. The van der Waals surface area contributed by atoms with Crippen LogP contribution in [0.4, 0.5) is 0 Å². The molecule has 6 heteroatoms. The first-order chi connectivity index (χ1) is 29.5. The first kappa shape index (κ1) is 56.3. The normalized spacial score (nSPS) is 12.9. The summed E-state index contributed by atoms with van der Waals surface area (Å²) in [5.41, 5.74) is 0. The quantitative estimate of drug-likeness (QED) is 0.0200. The summed E-state index contributed by atoms with van der Waals surface area (Å²) < 4.78 is 16.6. The van der Waals surface area contributed by atoms with Crippen LogP contribution < -0.4 is 0 Å². The van der Waals surface area contributed by atoms with E-state index in [0.29, 0.717) is 19.3 Å². The van der Waals surface area contributed by atoms with Crippen molar-refractivity contribution in [2.75, 3.05) is 13.2 Å². The molecule has 0 bridgehead atoms. The van der Waals surface area contributed by atoms with Crippen molar-refractivity contribution in [1.29, 1.82) is 0 Å². The number of unbranched alkanes of at least 4 members (excludes halogenated alkanes) is 20. The Hall–Kier alpha value is -3.67.